The summed E-state index contributed by atoms with van der Waals surface area (Å²) in [6.07, 6.45) is 2.43. The highest BCUT2D eigenvalue weighted by Crippen LogP contribution is 2.23. The number of amides is 1. The van der Waals surface area contributed by atoms with Crippen LogP contribution in [0.5, 0.6) is 0 Å². The lowest BCUT2D eigenvalue weighted by Crippen LogP contribution is -2.28. The summed E-state index contributed by atoms with van der Waals surface area (Å²) in [5.74, 6) is -0.274. The molecule has 0 spiro atoms. The molecule has 0 radical (unpaired) electrons. The highest BCUT2D eigenvalue weighted by Gasteiger charge is 2.28. The summed E-state index contributed by atoms with van der Waals surface area (Å²) >= 11 is 0. The van der Waals surface area contributed by atoms with Crippen molar-refractivity contribution in [2.75, 3.05) is 13.1 Å². The molecule has 0 heterocycles. The maximum absolute atomic E-state index is 12.2. The van der Waals surface area contributed by atoms with Gasteiger partial charge in [0.1, 0.15) is 0 Å². The Labute approximate surface area is 137 Å². The van der Waals surface area contributed by atoms with E-state index in [2.05, 4.69) is 10.0 Å². The Morgan fingerprint density at radius 2 is 2.05 bits per heavy atom. The fourth-order valence-electron chi connectivity index (χ4n) is 1.90. The first-order chi connectivity index (χ1) is 9.94. The third kappa shape index (κ3) is 4.95. The maximum Gasteiger partial charge on any atom is 0.251 e. The van der Waals surface area contributed by atoms with Gasteiger partial charge in [-0.2, -0.15) is 0 Å². The normalized spacial score (nSPS) is 14.3. The second-order valence-electron chi connectivity index (χ2n) is 5.27. The number of nitrogens with two attached hydrogens (primary N) is 1. The second-order valence-corrected chi connectivity index (χ2v) is 6.98. The van der Waals surface area contributed by atoms with E-state index in [-0.39, 0.29) is 29.3 Å². The van der Waals surface area contributed by atoms with E-state index in [4.69, 9.17) is 5.73 Å². The number of sulfonamides is 1. The molecule has 0 aliphatic heterocycles. The molecule has 1 aromatic carbocycles. The molecular weight excluding hydrogens is 326 g/mol. The molecule has 0 unspecified atom stereocenters. The van der Waals surface area contributed by atoms with Crippen LogP contribution < -0.4 is 15.8 Å². The SMILES string of the molecule is Cc1ccc(S(=O)(=O)NC2CC2)cc1C(=O)NCCCN.Cl. The van der Waals surface area contributed by atoms with E-state index >= 15 is 0 Å². The first kappa shape index (κ1) is 18.9. The van der Waals surface area contributed by atoms with Gasteiger partial charge in [0, 0.05) is 18.2 Å². The van der Waals surface area contributed by atoms with Crippen molar-refractivity contribution in [1.82, 2.24) is 10.0 Å². The monoisotopic (exact) mass is 347 g/mol. The molecule has 4 N–H and O–H groups in total. The summed E-state index contributed by atoms with van der Waals surface area (Å²) in [5.41, 5.74) is 6.50. The number of rotatable bonds is 7. The lowest BCUT2D eigenvalue weighted by molar-refractivity contribution is 0.0952. The Balaban J connectivity index is 0.00000242. The Morgan fingerprint density at radius 1 is 1.36 bits per heavy atom. The van der Waals surface area contributed by atoms with Crippen LogP contribution in [-0.2, 0) is 10.0 Å². The molecule has 1 aliphatic carbocycles. The third-order valence-corrected chi connectivity index (χ3v) is 4.85. The molecule has 1 amide bonds. The number of carbonyl (C=O) groups excluding carboxylic acids is 1. The zero-order chi connectivity index (χ0) is 15.5. The average Bonchev–Trinajstić information content (AvgIpc) is 3.22. The van der Waals surface area contributed by atoms with E-state index in [0.717, 1.165) is 18.4 Å². The van der Waals surface area contributed by atoms with Crippen LogP contribution in [0.3, 0.4) is 0 Å². The van der Waals surface area contributed by atoms with Gasteiger partial charge in [-0.25, -0.2) is 13.1 Å². The average molecular weight is 348 g/mol. The number of hydrogen-bond acceptors (Lipinski definition) is 4. The first-order valence-electron chi connectivity index (χ1n) is 7.05. The lowest BCUT2D eigenvalue weighted by atomic mass is 10.1. The van der Waals surface area contributed by atoms with Crippen molar-refractivity contribution >= 4 is 28.3 Å². The highest BCUT2D eigenvalue weighted by atomic mass is 35.5. The number of hydrogen-bond donors (Lipinski definition) is 3. The van der Waals surface area contributed by atoms with Gasteiger partial charge in [-0.15, -0.1) is 12.4 Å². The van der Waals surface area contributed by atoms with Gasteiger partial charge in [0.2, 0.25) is 10.0 Å². The maximum atomic E-state index is 12.2. The Bertz CT molecular complexity index is 630. The van der Waals surface area contributed by atoms with Crippen LogP contribution in [0.4, 0.5) is 0 Å². The molecule has 1 aromatic rings. The minimum Gasteiger partial charge on any atom is -0.352 e. The van der Waals surface area contributed by atoms with E-state index < -0.39 is 10.0 Å². The molecule has 1 fully saturated rings. The van der Waals surface area contributed by atoms with E-state index in [9.17, 15) is 13.2 Å². The lowest BCUT2D eigenvalue weighted by Gasteiger charge is -2.10. The van der Waals surface area contributed by atoms with Crippen molar-refractivity contribution in [1.29, 1.82) is 0 Å². The standard InChI is InChI=1S/C14H21N3O3S.ClH/c1-10-3-6-12(21(19,20)17-11-4-5-11)9-13(10)14(18)16-8-2-7-15;/h3,6,9,11,17H,2,4-5,7-8,15H2,1H3,(H,16,18);1H. The molecule has 2 rings (SSSR count). The van der Waals surface area contributed by atoms with E-state index in [1.165, 1.54) is 12.1 Å². The van der Waals surface area contributed by atoms with Gasteiger partial charge in [0.05, 0.1) is 4.90 Å². The quantitative estimate of drug-likeness (QED) is 0.639. The zero-order valence-electron chi connectivity index (χ0n) is 12.5. The van der Waals surface area contributed by atoms with Crippen LogP contribution in [0.2, 0.25) is 0 Å². The van der Waals surface area contributed by atoms with Gasteiger partial charge in [-0.05, 0) is 50.4 Å². The Morgan fingerprint density at radius 3 is 2.64 bits per heavy atom. The van der Waals surface area contributed by atoms with Crippen LogP contribution in [0.25, 0.3) is 0 Å². The molecule has 1 saturated carbocycles. The summed E-state index contributed by atoms with van der Waals surface area (Å²) in [5, 5.41) is 2.74. The molecule has 124 valence electrons. The van der Waals surface area contributed by atoms with Gasteiger partial charge in [0.15, 0.2) is 0 Å². The van der Waals surface area contributed by atoms with Crippen molar-refractivity contribution < 1.29 is 13.2 Å². The van der Waals surface area contributed by atoms with Crippen molar-refractivity contribution in [2.45, 2.75) is 37.1 Å². The summed E-state index contributed by atoms with van der Waals surface area (Å²) in [7, 11) is -3.54. The molecule has 0 bridgehead atoms. The van der Waals surface area contributed by atoms with Gasteiger partial charge < -0.3 is 11.1 Å². The van der Waals surface area contributed by atoms with Crippen molar-refractivity contribution in [2.24, 2.45) is 5.73 Å². The minimum atomic E-state index is -3.54. The number of aryl methyl sites for hydroxylation is 1. The molecule has 0 atom stereocenters. The van der Waals surface area contributed by atoms with Crippen LogP contribution in [0.15, 0.2) is 23.1 Å². The minimum absolute atomic E-state index is 0. The largest absolute Gasteiger partial charge is 0.352 e. The number of nitrogens with one attached hydrogen (secondary N) is 2. The van der Waals surface area contributed by atoms with Crippen LogP contribution >= 0.6 is 12.4 Å². The fraction of sp³-hybridized carbons (Fsp3) is 0.500. The molecule has 22 heavy (non-hydrogen) atoms. The molecular formula is C14H22ClN3O3S. The third-order valence-electron chi connectivity index (χ3n) is 3.33. The Hall–Kier alpha value is -1.15. The number of halogens is 1. The van der Waals surface area contributed by atoms with Gasteiger partial charge in [-0.3, -0.25) is 4.79 Å². The number of carbonyl (C=O) groups is 1. The molecule has 0 aromatic heterocycles. The number of benzene rings is 1. The van der Waals surface area contributed by atoms with Gasteiger partial charge in [-0.1, -0.05) is 6.07 Å². The summed E-state index contributed by atoms with van der Waals surface area (Å²) in [4.78, 5) is 12.2. The van der Waals surface area contributed by atoms with Crippen LogP contribution in [0.1, 0.15) is 35.2 Å². The molecule has 0 saturated heterocycles. The molecule has 1 aliphatic rings. The van der Waals surface area contributed by atoms with Crippen molar-refractivity contribution in [3.63, 3.8) is 0 Å². The summed E-state index contributed by atoms with van der Waals surface area (Å²) in [6.45, 7) is 2.76. The smallest absolute Gasteiger partial charge is 0.251 e. The van der Waals surface area contributed by atoms with Gasteiger partial charge >= 0.3 is 0 Å². The predicted octanol–water partition coefficient (Wildman–Crippen LogP) is 0.936. The fourth-order valence-corrected chi connectivity index (χ4v) is 3.23. The highest BCUT2D eigenvalue weighted by molar-refractivity contribution is 7.89. The zero-order valence-corrected chi connectivity index (χ0v) is 14.1. The molecule has 8 heteroatoms. The van der Waals surface area contributed by atoms with Crippen molar-refractivity contribution in [3.05, 3.63) is 29.3 Å². The molecule has 6 nitrogen and oxygen atoms in total. The van der Waals surface area contributed by atoms with E-state index in [0.29, 0.717) is 25.1 Å². The van der Waals surface area contributed by atoms with Gasteiger partial charge in [0.25, 0.3) is 5.91 Å². The first-order valence-corrected chi connectivity index (χ1v) is 8.53. The van der Waals surface area contributed by atoms with Crippen molar-refractivity contribution in [3.8, 4) is 0 Å². The summed E-state index contributed by atoms with van der Waals surface area (Å²) in [6, 6.07) is 4.64. The van der Waals surface area contributed by atoms with Crippen LogP contribution in [-0.4, -0.2) is 33.5 Å². The second kappa shape index (κ2) is 7.92. The van der Waals surface area contributed by atoms with E-state index in [1.807, 2.05) is 0 Å². The van der Waals surface area contributed by atoms with Crippen LogP contribution in [0, 0.1) is 6.92 Å². The summed E-state index contributed by atoms with van der Waals surface area (Å²) < 4.78 is 26.9. The predicted molar refractivity (Wildman–Crippen MR) is 87.8 cm³/mol. The van der Waals surface area contributed by atoms with E-state index in [1.54, 1.807) is 13.0 Å². The topological polar surface area (TPSA) is 101 Å². The Kier molecular flexibility index (Phi) is 6.80.